The van der Waals surface area contributed by atoms with Crippen molar-refractivity contribution in [3.8, 4) is 0 Å². The Labute approximate surface area is 147 Å². The summed E-state index contributed by atoms with van der Waals surface area (Å²) in [6.45, 7) is 2.59. The lowest BCUT2D eigenvalue weighted by molar-refractivity contribution is -0.870. The van der Waals surface area contributed by atoms with Gasteiger partial charge in [-0.3, -0.25) is 9.59 Å². The Morgan fingerprint density at radius 3 is 1.25 bits per heavy atom. The summed E-state index contributed by atoms with van der Waals surface area (Å²) in [7, 11) is 12.4. The van der Waals surface area contributed by atoms with E-state index in [1.807, 2.05) is 0 Å². The fourth-order valence-electron chi connectivity index (χ4n) is 1.90. The third kappa shape index (κ3) is 17.2. The fourth-order valence-corrected chi connectivity index (χ4v) is 1.90. The first kappa shape index (κ1) is 22.9. The summed E-state index contributed by atoms with van der Waals surface area (Å²) < 4.78 is 12.0. The second kappa shape index (κ2) is 11.4. The molecule has 0 aliphatic carbocycles. The molecule has 0 aromatic rings. The van der Waals surface area contributed by atoms with Gasteiger partial charge in [0.1, 0.15) is 26.3 Å². The Balaban J connectivity index is 3.47. The minimum absolute atomic E-state index is 0.122. The van der Waals surface area contributed by atoms with Gasteiger partial charge in [-0.2, -0.15) is 0 Å². The summed E-state index contributed by atoms with van der Waals surface area (Å²) in [5.74, 6) is -0.244. The SMILES string of the molecule is C[N+](C)(C)CCOC(=O)CCCCCCC(=O)OCC[N+](C)(C)C. The van der Waals surface area contributed by atoms with Crippen molar-refractivity contribution in [3.63, 3.8) is 0 Å². The molecule has 0 rings (SSSR count). The Hall–Kier alpha value is -1.14. The van der Waals surface area contributed by atoms with Crippen molar-refractivity contribution >= 4 is 11.9 Å². The molecule has 0 radical (unpaired) electrons. The number of rotatable bonds is 13. The van der Waals surface area contributed by atoms with Crippen molar-refractivity contribution in [3.05, 3.63) is 0 Å². The van der Waals surface area contributed by atoms with Crippen LogP contribution in [0.25, 0.3) is 0 Å². The number of quaternary nitrogens is 2. The molecule has 0 amide bonds. The number of hydrogen-bond acceptors (Lipinski definition) is 4. The molecule has 6 nitrogen and oxygen atoms in total. The summed E-state index contributed by atoms with van der Waals surface area (Å²) in [6.07, 6.45) is 4.45. The lowest BCUT2D eigenvalue weighted by atomic mass is 10.1. The lowest BCUT2D eigenvalue weighted by Crippen LogP contribution is -2.38. The molecule has 0 aromatic carbocycles. The lowest BCUT2D eigenvalue weighted by Gasteiger charge is -2.23. The summed E-state index contributed by atoms with van der Waals surface area (Å²) >= 11 is 0. The molecule has 6 heteroatoms. The van der Waals surface area contributed by atoms with Crippen LogP contribution >= 0.6 is 0 Å². The Morgan fingerprint density at radius 2 is 0.958 bits per heavy atom. The van der Waals surface area contributed by atoms with E-state index < -0.39 is 0 Å². The van der Waals surface area contributed by atoms with Gasteiger partial charge in [0.2, 0.25) is 0 Å². The minimum Gasteiger partial charge on any atom is -0.460 e. The highest BCUT2D eigenvalue weighted by Gasteiger charge is 2.10. The van der Waals surface area contributed by atoms with Crippen LogP contribution in [0.1, 0.15) is 38.5 Å². The quantitative estimate of drug-likeness (QED) is 0.290. The van der Waals surface area contributed by atoms with Crippen LogP contribution in [0, 0.1) is 0 Å². The minimum atomic E-state index is -0.122. The highest BCUT2D eigenvalue weighted by molar-refractivity contribution is 5.69. The molecule has 0 fully saturated rings. The van der Waals surface area contributed by atoms with Crippen molar-refractivity contribution in [2.75, 3.05) is 68.6 Å². The topological polar surface area (TPSA) is 52.6 Å². The molecular formula is C18H38N2O4+2. The number of nitrogens with zero attached hydrogens (tertiary/aromatic N) is 2. The molecule has 0 saturated carbocycles. The molecule has 0 bridgehead atoms. The third-order valence-corrected chi connectivity index (χ3v) is 3.56. The maximum absolute atomic E-state index is 11.6. The molecule has 0 aliphatic heterocycles. The molecular weight excluding hydrogens is 308 g/mol. The van der Waals surface area contributed by atoms with E-state index in [2.05, 4.69) is 42.3 Å². The van der Waals surface area contributed by atoms with Crippen LogP contribution in [-0.2, 0) is 19.1 Å². The van der Waals surface area contributed by atoms with Crippen LogP contribution in [0.3, 0.4) is 0 Å². The van der Waals surface area contributed by atoms with Crippen LogP contribution < -0.4 is 0 Å². The molecule has 0 aliphatic rings. The highest BCUT2D eigenvalue weighted by atomic mass is 16.5. The number of unbranched alkanes of at least 4 members (excludes halogenated alkanes) is 3. The highest BCUT2D eigenvalue weighted by Crippen LogP contribution is 2.07. The van der Waals surface area contributed by atoms with Gasteiger partial charge in [0.25, 0.3) is 0 Å². The van der Waals surface area contributed by atoms with Gasteiger partial charge in [-0.25, -0.2) is 0 Å². The van der Waals surface area contributed by atoms with Crippen molar-refractivity contribution in [2.45, 2.75) is 38.5 Å². The zero-order valence-corrected chi connectivity index (χ0v) is 16.6. The van der Waals surface area contributed by atoms with E-state index in [1.165, 1.54) is 0 Å². The van der Waals surface area contributed by atoms with Gasteiger partial charge in [0.05, 0.1) is 42.3 Å². The van der Waals surface area contributed by atoms with Crippen molar-refractivity contribution in [1.29, 1.82) is 0 Å². The van der Waals surface area contributed by atoms with Gasteiger partial charge in [0.15, 0.2) is 0 Å². The van der Waals surface area contributed by atoms with E-state index in [4.69, 9.17) is 9.47 Å². The number of carbonyl (C=O) groups is 2. The van der Waals surface area contributed by atoms with Crippen molar-refractivity contribution < 1.29 is 28.0 Å². The molecule has 0 N–H and O–H groups in total. The number of hydrogen-bond donors (Lipinski definition) is 0. The summed E-state index contributed by atoms with van der Waals surface area (Å²) in [5, 5.41) is 0. The molecule has 0 unspecified atom stereocenters. The largest absolute Gasteiger partial charge is 0.460 e. The maximum atomic E-state index is 11.6. The van der Waals surface area contributed by atoms with Gasteiger partial charge in [-0.05, 0) is 12.8 Å². The number of carbonyl (C=O) groups excluding carboxylic acids is 2. The van der Waals surface area contributed by atoms with Crippen LogP contribution in [-0.4, -0.2) is 89.5 Å². The first-order chi connectivity index (χ1) is 11.0. The third-order valence-electron chi connectivity index (χ3n) is 3.56. The van der Waals surface area contributed by atoms with Gasteiger partial charge in [0, 0.05) is 12.8 Å². The summed E-state index contributed by atoms with van der Waals surface area (Å²) in [4.78, 5) is 23.1. The molecule has 142 valence electrons. The van der Waals surface area contributed by atoms with Gasteiger partial charge < -0.3 is 18.4 Å². The standard InChI is InChI=1S/C18H38N2O4/c1-19(2,3)13-15-23-17(21)11-9-7-8-10-12-18(22)24-16-14-20(4,5)6/h7-16H2,1-6H3/q+2. The first-order valence-corrected chi connectivity index (χ1v) is 8.92. The smallest absolute Gasteiger partial charge is 0.305 e. The Kier molecular flexibility index (Phi) is 10.9. The monoisotopic (exact) mass is 346 g/mol. The zero-order chi connectivity index (χ0) is 18.6. The Bertz CT molecular complexity index is 334. The van der Waals surface area contributed by atoms with Crippen LogP contribution in [0.5, 0.6) is 0 Å². The average Bonchev–Trinajstić information content (AvgIpc) is 2.39. The Morgan fingerprint density at radius 1 is 0.625 bits per heavy atom. The summed E-state index contributed by atoms with van der Waals surface area (Å²) in [5.41, 5.74) is 0. The zero-order valence-electron chi connectivity index (χ0n) is 16.6. The second-order valence-corrected chi connectivity index (χ2v) is 8.38. The van der Waals surface area contributed by atoms with E-state index in [1.54, 1.807) is 0 Å². The van der Waals surface area contributed by atoms with E-state index in [-0.39, 0.29) is 11.9 Å². The van der Waals surface area contributed by atoms with Crippen LogP contribution in [0.15, 0.2) is 0 Å². The average molecular weight is 347 g/mol. The predicted octanol–water partition coefficient (Wildman–Crippen LogP) is 1.83. The van der Waals surface area contributed by atoms with Gasteiger partial charge in [-0.1, -0.05) is 12.8 Å². The number of esters is 2. The molecule has 24 heavy (non-hydrogen) atoms. The van der Waals surface area contributed by atoms with Crippen molar-refractivity contribution in [1.82, 2.24) is 0 Å². The molecule has 0 aromatic heterocycles. The maximum Gasteiger partial charge on any atom is 0.305 e. The van der Waals surface area contributed by atoms with E-state index in [0.29, 0.717) is 26.1 Å². The van der Waals surface area contributed by atoms with E-state index >= 15 is 0 Å². The first-order valence-electron chi connectivity index (χ1n) is 8.92. The molecule has 0 atom stereocenters. The van der Waals surface area contributed by atoms with E-state index in [9.17, 15) is 9.59 Å². The fraction of sp³-hybridized carbons (Fsp3) is 0.889. The van der Waals surface area contributed by atoms with Gasteiger partial charge >= 0.3 is 11.9 Å². The molecule has 0 spiro atoms. The van der Waals surface area contributed by atoms with Gasteiger partial charge in [-0.15, -0.1) is 0 Å². The van der Waals surface area contributed by atoms with E-state index in [0.717, 1.165) is 47.7 Å². The number of ether oxygens (including phenoxy) is 2. The molecule has 0 saturated heterocycles. The normalized spacial score (nSPS) is 12.1. The van der Waals surface area contributed by atoms with Crippen LogP contribution in [0.4, 0.5) is 0 Å². The van der Waals surface area contributed by atoms with Crippen molar-refractivity contribution in [2.24, 2.45) is 0 Å². The summed E-state index contributed by atoms with van der Waals surface area (Å²) in [6, 6.07) is 0. The second-order valence-electron chi connectivity index (χ2n) is 8.38. The number of likely N-dealkylation sites (N-methyl/N-ethyl adjacent to an activating group) is 2. The molecule has 0 heterocycles. The van der Waals surface area contributed by atoms with Crippen LogP contribution in [0.2, 0.25) is 0 Å². The predicted molar refractivity (Wildman–Crippen MR) is 95.4 cm³/mol.